The lowest BCUT2D eigenvalue weighted by Gasteiger charge is -2.22. The summed E-state index contributed by atoms with van der Waals surface area (Å²) in [5.74, 6) is -0.00719. The van der Waals surface area contributed by atoms with Crippen LogP contribution in [0.3, 0.4) is 0 Å². The van der Waals surface area contributed by atoms with Crippen LogP contribution < -0.4 is 14.8 Å². The molecule has 0 saturated carbocycles. The van der Waals surface area contributed by atoms with E-state index in [0.717, 1.165) is 0 Å². The van der Waals surface area contributed by atoms with E-state index in [1.54, 1.807) is 31.1 Å². The zero-order valence-corrected chi connectivity index (χ0v) is 13.2. The second-order valence-electron chi connectivity index (χ2n) is 5.02. The van der Waals surface area contributed by atoms with E-state index < -0.39 is 6.61 Å². The Morgan fingerprint density at radius 1 is 1.36 bits per heavy atom. The molecule has 0 heterocycles. The van der Waals surface area contributed by atoms with Crippen LogP contribution in [-0.4, -0.2) is 45.2 Å². The van der Waals surface area contributed by atoms with Gasteiger partial charge in [-0.1, -0.05) is 13.0 Å². The van der Waals surface area contributed by atoms with Crippen LogP contribution in [0.15, 0.2) is 18.2 Å². The van der Waals surface area contributed by atoms with Crippen LogP contribution in [0.4, 0.5) is 8.78 Å². The highest BCUT2D eigenvalue weighted by Crippen LogP contribution is 2.29. The number of methoxy groups -OCH3 is 1. The van der Waals surface area contributed by atoms with Gasteiger partial charge in [0.25, 0.3) is 0 Å². The van der Waals surface area contributed by atoms with Gasteiger partial charge in [-0.3, -0.25) is 4.79 Å². The Morgan fingerprint density at radius 3 is 2.59 bits per heavy atom. The van der Waals surface area contributed by atoms with Crippen molar-refractivity contribution in [3.8, 4) is 11.5 Å². The van der Waals surface area contributed by atoms with E-state index in [9.17, 15) is 13.6 Å². The van der Waals surface area contributed by atoms with Crippen LogP contribution in [0.25, 0.3) is 0 Å². The minimum Gasteiger partial charge on any atom is -0.493 e. The maximum Gasteiger partial charge on any atom is 0.387 e. The van der Waals surface area contributed by atoms with Crippen LogP contribution in [0.2, 0.25) is 0 Å². The topological polar surface area (TPSA) is 50.8 Å². The number of benzene rings is 1. The molecule has 0 aromatic heterocycles. The van der Waals surface area contributed by atoms with Gasteiger partial charge in [0.15, 0.2) is 11.5 Å². The van der Waals surface area contributed by atoms with Gasteiger partial charge in [-0.2, -0.15) is 8.78 Å². The summed E-state index contributed by atoms with van der Waals surface area (Å²) in [6, 6.07) is 4.71. The molecule has 0 spiro atoms. The maximum atomic E-state index is 12.4. The van der Waals surface area contributed by atoms with Crippen LogP contribution in [-0.2, 0) is 11.3 Å². The molecule has 7 heteroatoms. The predicted octanol–water partition coefficient (Wildman–Crippen LogP) is 2.11. The highest BCUT2D eigenvalue weighted by molar-refractivity contribution is 5.78. The fraction of sp³-hybridized carbons (Fsp3) is 0.533. The highest BCUT2D eigenvalue weighted by Gasteiger charge is 2.18. The molecule has 1 unspecified atom stereocenters. The Balaban J connectivity index is 2.82. The lowest BCUT2D eigenvalue weighted by Crippen LogP contribution is -2.35. The number of hydrogen-bond donors (Lipinski definition) is 1. The standard InChI is InChI=1S/C15H22F2N2O3/c1-10(8-18-2)14(20)19(3)9-11-5-6-12(21-4)13(7-11)22-15(16)17/h5-7,10,15,18H,8-9H2,1-4H3. The van der Waals surface area contributed by atoms with Crippen LogP contribution in [0, 0.1) is 5.92 Å². The Morgan fingerprint density at radius 2 is 2.05 bits per heavy atom. The number of hydrogen-bond acceptors (Lipinski definition) is 4. The fourth-order valence-corrected chi connectivity index (χ4v) is 2.13. The zero-order chi connectivity index (χ0) is 16.7. The van der Waals surface area contributed by atoms with Gasteiger partial charge in [-0.15, -0.1) is 0 Å². The SMILES string of the molecule is CNCC(C)C(=O)N(C)Cc1ccc(OC)c(OC(F)F)c1. The fourth-order valence-electron chi connectivity index (χ4n) is 2.13. The number of carbonyl (C=O) groups is 1. The first kappa shape index (κ1) is 18.2. The normalized spacial score (nSPS) is 12.1. The number of carbonyl (C=O) groups excluding carboxylic acids is 1. The molecule has 0 aliphatic rings. The molecule has 1 aromatic rings. The highest BCUT2D eigenvalue weighted by atomic mass is 19.3. The number of nitrogens with one attached hydrogen (secondary N) is 1. The van der Waals surface area contributed by atoms with Crippen molar-refractivity contribution in [2.45, 2.75) is 20.1 Å². The van der Waals surface area contributed by atoms with Gasteiger partial charge in [0.05, 0.1) is 7.11 Å². The van der Waals surface area contributed by atoms with Gasteiger partial charge in [-0.05, 0) is 24.7 Å². The summed E-state index contributed by atoms with van der Waals surface area (Å²) < 4.78 is 34.2. The van der Waals surface area contributed by atoms with Crippen molar-refractivity contribution in [3.05, 3.63) is 23.8 Å². The lowest BCUT2D eigenvalue weighted by atomic mass is 10.1. The molecular formula is C15H22F2N2O3. The molecule has 1 atom stereocenters. The first-order valence-corrected chi connectivity index (χ1v) is 6.90. The summed E-state index contributed by atoms with van der Waals surface area (Å²) in [4.78, 5) is 13.7. The summed E-state index contributed by atoms with van der Waals surface area (Å²) >= 11 is 0. The molecule has 0 radical (unpaired) electrons. The largest absolute Gasteiger partial charge is 0.493 e. The third kappa shape index (κ3) is 5.14. The zero-order valence-electron chi connectivity index (χ0n) is 13.2. The Kier molecular flexibility index (Phi) is 7.04. The first-order chi connectivity index (χ1) is 10.4. The van der Waals surface area contributed by atoms with E-state index in [1.807, 2.05) is 6.92 Å². The predicted molar refractivity (Wildman–Crippen MR) is 79.2 cm³/mol. The summed E-state index contributed by atoms with van der Waals surface area (Å²) in [6.07, 6.45) is 0. The molecule has 1 aromatic carbocycles. The molecule has 124 valence electrons. The quantitative estimate of drug-likeness (QED) is 0.798. The van der Waals surface area contributed by atoms with Gasteiger partial charge in [0, 0.05) is 26.1 Å². The molecule has 0 bridgehead atoms. The molecule has 1 N–H and O–H groups in total. The molecule has 5 nitrogen and oxygen atoms in total. The van der Waals surface area contributed by atoms with Crippen molar-refractivity contribution in [1.82, 2.24) is 10.2 Å². The average Bonchev–Trinajstić information content (AvgIpc) is 2.46. The number of halogens is 2. The van der Waals surface area contributed by atoms with E-state index in [4.69, 9.17) is 4.74 Å². The molecule has 1 rings (SSSR count). The van der Waals surface area contributed by atoms with Crippen molar-refractivity contribution in [1.29, 1.82) is 0 Å². The maximum absolute atomic E-state index is 12.4. The minimum absolute atomic E-state index is 0.0264. The minimum atomic E-state index is -2.93. The molecule has 22 heavy (non-hydrogen) atoms. The number of amides is 1. The van der Waals surface area contributed by atoms with Gasteiger partial charge >= 0.3 is 6.61 Å². The first-order valence-electron chi connectivity index (χ1n) is 6.90. The summed E-state index contributed by atoms with van der Waals surface area (Å²) in [5, 5.41) is 2.95. The van der Waals surface area contributed by atoms with Crippen molar-refractivity contribution in [3.63, 3.8) is 0 Å². The second kappa shape index (κ2) is 8.53. The van der Waals surface area contributed by atoms with E-state index in [0.29, 0.717) is 18.7 Å². The van der Waals surface area contributed by atoms with E-state index in [1.165, 1.54) is 13.2 Å². The van der Waals surface area contributed by atoms with E-state index in [2.05, 4.69) is 10.1 Å². The van der Waals surface area contributed by atoms with Gasteiger partial charge in [0.2, 0.25) is 5.91 Å². The molecular weight excluding hydrogens is 294 g/mol. The number of rotatable bonds is 8. The molecule has 0 aliphatic heterocycles. The van der Waals surface area contributed by atoms with Crippen molar-refractivity contribution < 1.29 is 23.0 Å². The van der Waals surface area contributed by atoms with Gasteiger partial charge in [0.1, 0.15) is 0 Å². The number of nitrogens with zero attached hydrogens (tertiary/aromatic N) is 1. The Bertz CT molecular complexity index is 498. The number of alkyl halides is 2. The summed E-state index contributed by atoms with van der Waals surface area (Å²) in [6.45, 7) is -0.226. The average molecular weight is 316 g/mol. The summed E-state index contributed by atoms with van der Waals surface area (Å²) in [7, 11) is 4.83. The Labute approximate surface area is 129 Å². The van der Waals surface area contributed by atoms with Crippen LogP contribution >= 0.6 is 0 Å². The molecule has 0 aliphatic carbocycles. The summed E-state index contributed by atoms with van der Waals surface area (Å²) in [5.41, 5.74) is 0.684. The third-order valence-electron chi connectivity index (χ3n) is 3.17. The lowest BCUT2D eigenvalue weighted by molar-refractivity contribution is -0.134. The molecule has 0 saturated heterocycles. The third-order valence-corrected chi connectivity index (χ3v) is 3.17. The van der Waals surface area contributed by atoms with Crippen LogP contribution in [0.5, 0.6) is 11.5 Å². The second-order valence-corrected chi connectivity index (χ2v) is 5.02. The van der Waals surface area contributed by atoms with Gasteiger partial charge < -0.3 is 19.7 Å². The van der Waals surface area contributed by atoms with Crippen molar-refractivity contribution in [2.24, 2.45) is 5.92 Å². The van der Waals surface area contributed by atoms with Crippen molar-refractivity contribution in [2.75, 3.05) is 27.7 Å². The monoisotopic (exact) mass is 316 g/mol. The van der Waals surface area contributed by atoms with Crippen LogP contribution in [0.1, 0.15) is 12.5 Å². The number of ether oxygens (including phenoxy) is 2. The smallest absolute Gasteiger partial charge is 0.387 e. The van der Waals surface area contributed by atoms with E-state index >= 15 is 0 Å². The van der Waals surface area contributed by atoms with Gasteiger partial charge in [-0.25, -0.2) is 0 Å². The molecule has 0 fully saturated rings. The van der Waals surface area contributed by atoms with E-state index in [-0.39, 0.29) is 23.3 Å². The van der Waals surface area contributed by atoms with Crippen molar-refractivity contribution >= 4 is 5.91 Å². The Hall–Kier alpha value is -1.89. The molecule has 1 amide bonds.